The zero-order valence-corrected chi connectivity index (χ0v) is 19.9. The van der Waals surface area contributed by atoms with E-state index < -0.39 is 0 Å². The van der Waals surface area contributed by atoms with Crippen molar-refractivity contribution in [3.05, 3.63) is 60.1 Å². The summed E-state index contributed by atoms with van der Waals surface area (Å²) in [6.45, 7) is 3.27. The number of unbranched alkanes of at least 4 members (excludes halogenated alkanes) is 1. The molecular formula is C26H29N3O5. The number of rotatable bonds is 10. The number of aryl methyl sites for hydroxylation is 1. The second-order valence-corrected chi connectivity index (χ2v) is 7.82. The van der Waals surface area contributed by atoms with Crippen LogP contribution in [0, 0.1) is 0 Å². The van der Waals surface area contributed by atoms with Gasteiger partial charge in [0.2, 0.25) is 5.75 Å². The van der Waals surface area contributed by atoms with E-state index in [1.807, 2.05) is 36.4 Å². The number of benzene rings is 2. The van der Waals surface area contributed by atoms with E-state index >= 15 is 0 Å². The van der Waals surface area contributed by atoms with Crippen molar-refractivity contribution in [1.82, 2.24) is 14.9 Å². The highest BCUT2D eigenvalue weighted by Gasteiger charge is 2.19. The zero-order chi connectivity index (χ0) is 24.1. The van der Waals surface area contributed by atoms with Gasteiger partial charge in [-0.15, -0.1) is 0 Å². The molecule has 0 bridgehead atoms. The van der Waals surface area contributed by atoms with E-state index in [2.05, 4.69) is 16.8 Å². The normalized spacial score (nSPS) is 10.9. The fourth-order valence-electron chi connectivity index (χ4n) is 3.93. The molecule has 178 valence electrons. The monoisotopic (exact) mass is 463 g/mol. The first-order valence-electron chi connectivity index (χ1n) is 11.2. The molecule has 0 radical (unpaired) electrons. The zero-order valence-electron chi connectivity index (χ0n) is 19.9. The van der Waals surface area contributed by atoms with Crippen molar-refractivity contribution < 1.29 is 23.4 Å². The molecule has 8 nitrogen and oxygen atoms in total. The van der Waals surface area contributed by atoms with Crippen LogP contribution in [0.15, 0.2) is 53.1 Å². The van der Waals surface area contributed by atoms with E-state index in [0.29, 0.717) is 35.1 Å². The Morgan fingerprint density at radius 3 is 2.44 bits per heavy atom. The van der Waals surface area contributed by atoms with Gasteiger partial charge < -0.3 is 28.5 Å². The molecule has 1 amide bonds. The molecule has 0 aliphatic heterocycles. The molecule has 2 heterocycles. The molecular weight excluding hydrogens is 434 g/mol. The smallest absolute Gasteiger partial charge is 0.251 e. The van der Waals surface area contributed by atoms with Gasteiger partial charge in [0.15, 0.2) is 11.5 Å². The van der Waals surface area contributed by atoms with Crippen molar-refractivity contribution >= 4 is 16.9 Å². The summed E-state index contributed by atoms with van der Waals surface area (Å²) in [5.74, 6) is 2.93. The second-order valence-electron chi connectivity index (χ2n) is 7.82. The molecule has 0 spiro atoms. The van der Waals surface area contributed by atoms with E-state index in [1.54, 1.807) is 33.7 Å². The Balaban J connectivity index is 1.75. The minimum Gasteiger partial charge on any atom is -0.493 e. The third-order valence-electron chi connectivity index (χ3n) is 5.67. The van der Waals surface area contributed by atoms with Gasteiger partial charge in [0.25, 0.3) is 5.91 Å². The molecule has 1 N–H and O–H groups in total. The molecule has 2 aromatic heterocycles. The molecule has 0 aliphatic rings. The first-order valence-corrected chi connectivity index (χ1v) is 11.2. The van der Waals surface area contributed by atoms with E-state index in [9.17, 15) is 4.79 Å². The van der Waals surface area contributed by atoms with E-state index in [-0.39, 0.29) is 5.91 Å². The predicted octanol–water partition coefficient (Wildman–Crippen LogP) is 5.05. The number of nitrogens with zero attached hydrogens (tertiary/aromatic N) is 2. The topological polar surface area (TPSA) is 87.8 Å². The van der Waals surface area contributed by atoms with Crippen LogP contribution < -0.4 is 19.5 Å². The Kier molecular flexibility index (Phi) is 7.06. The lowest BCUT2D eigenvalue weighted by molar-refractivity contribution is 0.0948. The van der Waals surface area contributed by atoms with Gasteiger partial charge in [-0.1, -0.05) is 13.3 Å². The number of fused-ring (bicyclic) bond motifs is 1. The maximum Gasteiger partial charge on any atom is 0.251 e. The Hall–Kier alpha value is -3.94. The maximum atomic E-state index is 12.7. The molecule has 34 heavy (non-hydrogen) atoms. The number of imidazole rings is 1. The first kappa shape index (κ1) is 23.2. The van der Waals surface area contributed by atoms with Crippen molar-refractivity contribution in [3.8, 4) is 28.6 Å². The van der Waals surface area contributed by atoms with Crippen LogP contribution in [0.4, 0.5) is 0 Å². The third kappa shape index (κ3) is 4.57. The van der Waals surface area contributed by atoms with Gasteiger partial charge in [-0.05, 0) is 48.9 Å². The SMILES string of the molecule is CCCCn1c(-c2cc(OC)c(OC)c(OC)c2)nc2cc(C(=O)NCc3ccco3)ccc21. The summed E-state index contributed by atoms with van der Waals surface area (Å²) in [4.78, 5) is 17.6. The summed E-state index contributed by atoms with van der Waals surface area (Å²) < 4.78 is 24.0. The lowest BCUT2D eigenvalue weighted by Gasteiger charge is -2.15. The Morgan fingerprint density at radius 2 is 1.82 bits per heavy atom. The van der Waals surface area contributed by atoms with Gasteiger partial charge in [0.1, 0.15) is 11.6 Å². The predicted molar refractivity (Wildman–Crippen MR) is 130 cm³/mol. The second kappa shape index (κ2) is 10.3. The first-order chi connectivity index (χ1) is 16.6. The van der Waals surface area contributed by atoms with Crippen molar-refractivity contribution in [3.63, 3.8) is 0 Å². The average molecular weight is 464 g/mol. The number of ether oxygens (including phenoxy) is 3. The third-order valence-corrected chi connectivity index (χ3v) is 5.67. The number of hydrogen-bond acceptors (Lipinski definition) is 6. The number of amides is 1. The summed E-state index contributed by atoms with van der Waals surface area (Å²) in [5.41, 5.74) is 3.08. The Bertz CT molecular complexity index is 1250. The number of hydrogen-bond donors (Lipinski definition) is 1. The molecule has 0 aliphatic carbocycles. The van der Waals surface area contributed by atoms with Crippen LogP contribution in [0.25, 0.3) is 22.4 Å². The van der Waals surface area contributed by atoms with Crippen LogP contribution in [0.2, 0.25) is 0 Å². The largest absolute Gasteiger partial charge is 0.493 e. The minimum atomic E-state index is -0.184. The quantitative estimate of drug-likeness (QED) is 0.354. The Morgan fingerprint density at radius 1 is 1.06 bits per heavy atom. The fourth-order valence-corrected chi connectivity index (χ4v) is 3.93. The summed E-state index contributed by atoms with van der Waals surface area (Å²) in [7, 11) is 4.76. The van der Waals surface area contributed by atoms with E-state index in [0.717, 1.165) is 41.8 Å². The number of nitrogens with one attached hydrogen (secondary N) is 1. The summed E-state index contributed by atoms with van der Waals surface area (Å²) >= 11 is 0. The maximum absolute atomic E-state index is 12.7. The van der Waals surface area contributed by atoms with Crippen LogP contribution in [-0.2, 0) is 13.1 Å². The molecule has 4 aromatic rings. The molecule has 2 aromatic carbocycles. The lowest BCUT2D eigenvalue weighted by atomic mass is 10.1. The standard InChI is InChI=1S/C26H29N3O5/c1-5-6-11-29-21-10-9-17(26(30)27-16-19-8-7-12-34-19)13-20(21)28-25(29)18-14-22(31-2)24(33-4)23(15-18)32-3/h7-10,12-15H,5-6,11,16H2,1-4H3,(H,27,30). The van der Waals surface area contributed by atoms with Gasteiger partial charge in [-0.3, -0.25) is 4.79 Å². The van der Waals surface area contributed by atoms with Crippen molar-refractivity contribution in [2.75, 3.05) is 21.3 Å². The summed E-state index contributed by atoms with van der Waals surface area (Å²) in [6.07, 6.45) is 3.62. The lowest BCUT2D eigenvalue weighted by Crippen LogP contribution is -2.22. The van der Waals surface area contributed by atoms with Crippen LogP contribution >= 0.6 is 0 Å². The molecule has 0 saturated carbocycles. The number of furan rings is 1. The van der Waals surface area contributed by atoms with Crippen LogP contribution in [-0.4, -0.2) is 36.8 Å². The highest BCUT2D eigenvalue weighted by atomic mass is 16.5. The van der Waals surface area contributed by atoms with E-state index in [4.69, 9.17) is 23.6 Å². The number of aromatic nitrogens is 2. The van der Waals surface area contributed by atoms with Crippen LogP contribution in [0.3, 0.4) is 0 Å². The highest BCUT2D eigenvalue weighted by molar-refractivity contribution is 5.97. The summed E-state index contributed by atoms with van der Waals surface area (Å²) in [5, 5.41) is 2.88. The minimum absolute atomic E-state index is 0.184. The van der Waals surface area contributed by atoms with Gasteiger partial charge in [-0.25, -0.2) is 4.98 Å². The van der Waals surface area contributed by atoms with Crippen molar-refractivity contribution in [1.29, 1.82) is 0 Å². The van der Waals surface area contributed by atoms with Crippen molar-refractivity contribution in [2.45, 2.75) is 32.9 Å². The number of methoxy groups -OCH3 is 3. The number of carbonyl (C=O) groups is 1. The number of carbonyl (C=O) groups excluding carboxylic acids is 1. The molecule has 0 atom stereocenters. The Labute approximate surface area is 198 Å². The van der Waals surface area contributed by atoms with Gasteiger partial charge in [-0.2, -0.15) is 0 Å². The van der Waals surface area contributed by atoms with Gasteiger partial charge in [0, 0.05) is 17.7 Å². The molecule has 8 heteroatoms. The van der Waals surface area contributed by atoms with Crippen LogP contribution in [0.5, 0.6) is 17.2 Å². The molecule has 0 unspecified atom stereocenters. The average Bonchev–Trinajstić information content (AvgIpc) is 3.52. The van der Waals surface area contributed by atoms with Gasteiger partial charge >= 0.3 is 0 Å². The molecule has 0 saturated heterocycles. The highest BCUT2D eigenvalue weighted by Crippen LogP contribution is 2.41. The van der Waals surface area contributed by atoms with Crippen molar-refractivity contribution in [2.24, 2.45) is 0 Å². The van der Waals surface area contributed by atoms with E-state index in [1.165, 1.54) is 0 Å². The van der Waals surface area contributed by atoms with Gasteiger partial charge in [0.05, 0.1) is 45.2 Å². The fraction of sp³-hybridized carbons (Fsp3) is 0.308. The molecule has 4 rings (SSSR count). The van der Waals surface area contributed by atoms with Crippen LogP contribution in [0.1, 0.15) is 35.9 Å². The molecule has 0 fully saturated rings. The summed E-state index contributed by atoms with van der Waals surface area (Å²) in [6, 6.07) is 13.0.